The van der Waals surface area contributed by atoms with E-state index in [9.17, 15) is 10.1 Å². The molecule has 6 nitrogen and oxygen atoms in total. The summed E-state index contributed by atoms with van der Waals surface area (Å²) >= 11 is 3.18. The molecule has 94 valence electrons. The predicted octanol–water partition coefficient (Wildman–Crippen LogP) is 3.42. The van der Waals surface area contributed by atoms with Crippen LogP contribution in [0.5, 0.6) is 11.6 Å². The Bertz CT molecular complexity index is 682. The summed E-state index contributed by atoms with van der Waals surface area (Å²) in [4.78, 5) is 14.3. The van der Waals surface area contributed by atoms with Gasteiger partial charge in [-0.2, -0.15) is 5.26 Å². The molecular weight excluding hydrogens is 314 g/mol. The van der Waals surface area contributed by atoms with Crippen LogP contribution < -0.4 is 4.74 Å². The van der Waals surface area contributed by atoms with Crippen molar-refractivity contribution in [2.45, 2.75) is 0 Å². The van der Waals surface area contributed by atoms with Crippen LogP contribution >= 0.6 is 15.9 Å². The molecule has 2 rings (SSSR count). The van der Waals surface area contributed by atoms with Crippen LogP contribution in [0.25, 0.3) is 0 Å². The molecule has 0 saturated heterocycles. The summed E-state index contributed by atoms with van der Waals surface area (Å²) < 4.78 is 5.81. The van der Waals surface area contributed by atoms with Crippen molar-refractivity contribution < 1.29 is 9.66 Å². The van der Waals surface area contributed by atoms with Crippen LogP contribution in [0.15, 0.2) is 41.0 Å². The van der Waals surface area contributed by atoms with Crippen LogP contribution in [0.2, 0.25) is 0 Å². The molecule has 0 saturated carbocycles. The van der Waals surface area contributed by atoms with Gasteiger partial charge in [-0.15, -0.1) is 0 Å². The van der Waals surface area contributed by atoms with Gasteiger partial charge in [0.15, 0.2) is 0 Å². The Hall–Kier alpha value is -2.46. The number of rotatable bonds is 3. The lowest BCUT2D eigenvalue weighted by atomic mass is 10.3. The average Bonchev–Trinajstić information content (AvgIpc) is 2.41. The number of nitrogens with zero attached hydrogens (tertiary/aromatic N) is 3. The van der Waals surface area contributed by atoms with E-state index in [2.05, 4.69) is 20.9 Å². The van der Waals surface area contributed by atoms with Crippen LogP contribution in [0.1, 0.15) is 5.56 Å². The second-order valence-corrected chi connectivity index (χ2v) is 4.27. The summed E-state index contributed by atoms with van der Waals surface area (Å²) in [6, 6.07) is 9.46. The molecule has 0 atom stereocenters. The smallest absolute Gasteiger partial charge is 0.312 e. The van der Waals surface area contributed by atoms with Crippen LogP contribution in [-0.4, -0.2) is 9.91 Å². The summed E-state index contributed by atoms with van der Waals surface area (Å²) in [7, 11) is 0. The summed E-state index contributed by atoms with van der Waals surface area (Å²) in [5.41, 5.74) is -0.00327. The van der Waals surface area contributed by atoms with Crippen molar-refractivity contribution in [1.82, 2.24) is 4.98 Å². The third-order valence-electron chi connectivity index (χ3n) is 2.23. The van der Waals surface area contributed by atoms with Gasteiger partial charge in [0.2, 0.25) is 11.6 Å². The minimum atomic E-state index is -0.560. The number of nitro benzene ring substituents is 1. The fraction of sp³-hybridized carbons (Fsp3) is 0. The first-order valence-corrected chi connectivity index (χ1v) is 5.88. The van der Waals surface area contributed by atoms with Crippen LogP contribution in [0.3, 0.4) is 0 Å². The minimum absolute atomic E-state index is 0.0164. The number of aromatic nitrogens is 1. The second kappa shape index (κ2) is 5.46. The van der Waals surface area contributed by atoms with Crippen molar-refractivity contribution >= 4 is 21.6 Å². The van der Waals surface area contributed by atoms with Crippen molar-refractivity contribution in [1.29, 1.82) is 5.26 Å². The van der Waals surface area contributed by atoms with E-state index in [1.807, 2.05) is 6.07 Å². The van der Waals surface area contributed by atoms with E-state index >= 15 is 0 Å². The number of hydrogen-bond acceptors (Lipinski definition) is 5. The summed E-state index contributed by atoms with van der Waals surface area (Å²) in [5, 5.41) is 19.9. The zero-order valence-electron chi connectivity index (χ0n) is 9.41. The number of halogens is 1. The Morgan fingerprint density at radius 2 is 2.16 bits per heavy atom. The van der Waals surface area contributed by atoms with E-state index in [1.54, 1.807) is 12.1 Å². The van der Waals surface area contributed by atoms with Crippen LogP contribution in [0, 0.1) is 21.4 Å². The number of hydrogen-bond donors (Lipinski definition) is 0. The van der Waals surface area contributed by atoms with Crippen molar-refractivity contribution in [3.05, 3.63) is 56.7 Å². The average molecular weight is 320 g/mol. The first-order chi connectivity index (χ1) is 9.13. The highest BCUT2D eigenvalue weighted by Gasteiger charge is 2.20. The largest absolute Gasteiger partial charge is 0.429 e. The third-order valence-corrected chi connectivity index (χ3v) is 2.86. The number of para-hydroxylation sites is 1. The maximum atomic E-state index is 10.9. The molecule has 0 bridgehead atoms. The Morgan fingerprint density at radius 3 is 2.84 bits per heavy atom. The molecule has 0 spiro atoms. The minimum Gasteiger partial charge on any atom is -0.429 e. The lowest BCUT2D eigenvalue weighted by Crippen LogP contribution is -1.97. The van der Waals surface area contributed by atoms with E-state index in [0.29, 0.717) is 4.47 Å². The first kappa shape index (κ1) is 13.0. The maximum Gasteiger partial charge on any atom is 0.312 e. The molecule has 0 radical (unpaired) electrons. The summed E-state index contributed by atoms with van der Waals surface area (Å²) in [6.07, 6.45) is 1.44. The van der Waals surface area contributed by atoms with Gasteiger partial charge in [-0.3, -0.25) is 10.1 Å². The molecule has 0 amide bonds. The van der Waals surface area contributed by atoms with E-state index in [0.717, 1.165) is 0 Å². The highest BCUT2D eigenvalue weighted by Crippen LogP contribution is 2.37. The van der Waals surface area contributed by atoms with Crippen molar-refractivity contribution in [2.24, 2.45) is 0 Å². The van der Waals surface area contributed by atoms with Gasteiger partial charge >= 0.3 is 5.69 Å². The Balaban J connectivity index is 2.50. The third kappa shape index (κ3) is 2.69. The van der Waals surface area contributed by atoms with Gasteiger partial charge in [0.25, 0.3) is 0 Å². The van der Waals surface area contributed by atoms with Crippen molar-refractivity contribution in [2.75, 3.05) is 0 Å². The molecule has 1 heterocycles. The molecule has 0 fully saturated rings. The fourth-order valence-electron chi connectivity index (χ4n) is 1.40. The van der Waals surface area contributed by atoms with Gasteiger partial charge in [0.1, 0.15) is 11.6 Å². The SMILES string of the molecule is N#Cc1cccnc1Oc1c(Br)cccc1[N+](=O)[O-]. The summed E-state index contributed by atoms with van der Waals surface area (Å²) in [6.45, 7) is 0. The van der Waals surface area contributed by atoms with Gasteiger partial charge in [-0.05, 0) is 34.1 Å². The van der Waals surface area contributed by atoms with Gasteiger partial charge in [0.05, 0.1) is 9.40 Å². The fourth-order valence-corrected chi connectivity index (χ4v) is 1.83. The van der Waals surface area contributed by atoms with E-state index in [-0.39, 0.29) is 22.9 Å². The van der Waals surface area contributed by atoms with Crippen LogP contribution in [-0.2, 0) is 0 Å². The topological polar surface area (TPSA) is 89.0 Å². The van der Waals surface area contributed by atoms with E-state index in [4.69, 9.17) is 10.00 Å². The number of pyridine rings is 1. The first-order valence-electron chi connectivity index (χ1n) is 5.09. The number of benzene rings is 1. The highest BCUT2D eigenvalue weighted by atomic mass is 79.9. The Morgan fingerprint density at radius 1 is 1.37 bits per heavy atom. The number of nitro groups is 1. The normalized spacial score (nSPS) is 9.68. The van der Waals surface area contributed by atoms with Crippen molar-refractivity contribution in [3.8, 4) is 17.7 Å². The molecule has 0 aliphatic carbocycles. The number of ether oxygens (including phenoxy) is 1. The van der Waals surface area contributed by atoms with E-state index in [1.165, 1.54) is 24.4 Å². The lowest BCUT2D eigenvalue weighted by molar-refractivity contribution is -0.385. The van der Waals surface area contributed by atoms with Gasteiger partial charge in [-0.1, -0.05) is 6.07 Å². The molecule has 0 N–H and O–H groups in total. The standard InChI is InChI=1S/C12H6BrN3O3/c13-9-4-1-5-10(16(17)18)11(9)19-12-8(7-14)3-2-6-15-12/h1-6H. The number of nitriles is 1. The van der Waals surface area contributed by atoms with Gasteiger partial charge in [0, 0.05) is 12.3 Å². The quantitative estimate of drug-likeness (QED) is 0.638. The van der Waals surface area contributed by atoms with Crippen molar-refractivity contribution in [3.63, 3.8) is 0 Å². The monoisotopic (exact) mass is 319 g/mol. The summed E-state index contributed by atoms with van der Waals surface area (Å²) in [5.74, 6) is 0.0442. The molecule has 7 heteroatoms. The van der Waals surface area contributed by atoms with E-state index < -0.39 is 4.92 Å². The predicted molar refractivity (Wildman–Crippen MR) is 69.8 cm³/mol. The zero-order chi connectivity index (χ0) is 13.8. The molecular formula is C12H6BrN3O3. The highest BCUT2D eigenvalue weighted by molar-refractivity contribution is 9.10. The molecule has 0 unspecified atom stereocenters. The molecule has 1 aromatic heterocycles. The van der Waals surface area contributed by atoms with Gasteiger partial charge in [-0.25, -0.2) is 4.98 Å². The Kier molecular flexibility index (Phi) is 3.73. The zero-order valence-corrected chi connectivity index (χ0v) is 11.0. The molecule has 0 aliphatic rings. The molecule has 1 aromatic carbocycles. The maximum absolute atomic E-state index is 10.9. The molecule has 0 aliphatic heterocycles. The lowest BCUT2D eigenvalue weighted by Gasteiger charge is -2.07. The Labute approximate surface area is 116 Å². The van der Waals surface area contributed by atoms with Gasteiger partial charge < -0.3 is 4.74 Å². The second-order valence-electron chi connectivity index (χ2n) is 3.42. The molecule has 19 heavy (non-hydrogen) atoms. The molecule has 2 aromatic rings. The van der Waals surface area contributed by atoms with Crippen LogP contribution in [0.4, 0.5) is 5.69 Å².